The number of thiazole rings is 3. The van der Waals surface area contributed by atoms with Crippen molar-refractivity contribution in [1.29, 1.82) is 0 Å². The lowest BCUT2D eigenvalue weighted by atomic mass is 10.0. The summed E-state index contributed by atoms with van der Waals surface area (Å²) >= 11 is 4.00. The molecule has 14 heteroatoms. The van der Waals surface area contributed by atoms with Crippen molar-refractivity contribution in [2.45, 2.75) is 58.0 Å². The maximum absolute atomic E-state index is 13.5. The Morgan fingerprint density at radius 1 is 0.913 bits per heavy atom. The summed E-state index contributed by atoms with van der Waals surface area (Å²) in [5.74, 6) is -0.751. The largest absolute Gasteiger partial charge is 0.351 e. The van der Waals surface area contributed by atoms with E-state index in [-0.39, 0.29) is 53.4 Å². The van der Waals surface area contributed by atoms with Gasteiger partial charge in [-0.3, -0.25) is 19.2 Å². The summed E-state index contributed by atoms with van der Waals surface area (Å²) in [6.07, 6.45) is 2.33. The van der Waals surface area contributed by atoms with Crippen LogP contribution in [0.1, 0.15) is 98.7 Å². The van der Waals surface area contributed by atoms with Crippen molar-refractivity contribution >= 4 is 57.6 Å². The van der Waals surface area contributed by atoms with Gasteiger partial charge in [0, 0.05) is 42.2 Å². The minimum absolute atomic E-state index is 0.145. The first-order valence-electron chi connectivity index (χ1n) is 15.3. The smallest absolute Gasteiger partial charge is 0.273 e. The Bertz CT molecular complexity index is 1620. The Hall–Kier alpha value is -4.01. The van der Waals surface area contributed by atoms with Gasteiger partial charge in [-0.25, -0.2) is 15.0 Å². The SMILES string of the molecule is CC(C)C[C@@H]1NC(=O)CCCN(C(=O)c2cscn2)CCCNC(=O)c2csc(n2)[C@H](Cc2ccccc2)NC(=O)c2csc1n2. The van der Waals surface area contributed by atoms with E-state index >= 15 is 0 Å². The van der Waals surface area contributed by atoms with Crippen LogP contribution in [0, 0.1) is 5.92 Å². The number of fused-ring (bicyclic) bond motifs is 4. The number of aromatic nitrogens is 3. The van der Waals surface area contributed by atoms with Gasteiger partial charge in [-0.15, -0.1) is 34.0 Å². The van der Waals surface area contributed by atoms with E-state index in [2.05, 4.69) is 44.7 Å². The molecule has 1 aliphatic rings. The van der Waals surface area contributed by atoms with Crippen molar-refractivity contribution < 1.29 is 19.2 Å². The first-order chi connectivity index (χ1) is 22.3. The topological polar surface area (TPSA) is 146 Å². The third-order valence-corrected chi connectivity index (χ3v) is 9.90. The molecule has 0 spiro atoms. The molecule has 0 radical (unpaired) electrons. The van der Waals surface area contributed by atoms with Crippen LogP contribution < -0.4 is 16.0 Å². The zero-order chi connectivity index (χ0) is 32.5. The van der Waals surface area contributed by atoms with Crippen LogP contribution in [-0.2, 0) is 11.2 Å². The van der Waals surface area contributed by atoms with Gasteiger partial charge in [-0.05, 0) is 37.2 Å². The summed E-state index contributed by atoms with van der Waals surface area (Å²) in [5.41, 5.74) is 3.52. The molecular formula is C32H37N7O4S3. The van der Waals surface area contributed by atoms with E-state index in [1.54, 1.807) is 26.6 Å². The molecular weight excluding hydrogens is 643 g/mol. The van der Waals surface area contributed by atoms with E-state index in [0.29, 0.717) is 61.0 Å². The molecule has 4 aromatic rings. The Labute approximate surface area is 279 Å². The quantitative estimate of drug-likeness (QED) is 0.268. The van der Waals surface area contributed by atoms with Gasteiger partial charge in [0.2, 0.25) is 5.91 Å². The predicted molar refractivity (Wildman–Crippen MR) is 179 cm³/mol. The molecule has 46 heavy (non-hydrogen) atoms. The Kier molecular flexibility index (Phi) is 11.6. The second-order valence-corrected chi connectivity index (χ2v) is 14.0. The van der Waals surface area contributed by atoms with Crippen molar-refractivity contribution in [3.63, 3.8) is 0 Å². The van der Waals surface area contributed by atoms with Gasteiger partial charge >= 0.3 is 0 Å². The van der Waals surface area contributed by atoms with Gasteiger partial charge in [0.05, 0.1) is 17.6 Å². The highest BCUT2D eigenvalue weighted by atomic mass is 32.1. The highest BCUT2D eigenvalue weighted by Gasteiger charge is 2.26. The third-order valence-electron chi connectivity index (χ3n) is 7.40. The molecule has 4 heterocycles. The van der Waals surface area contributed by atoms with E-state index < -0.39 is 6.04 Å². The average Bonchev–Trinajstić information content (AvgIpc) is 3.83. The molecule has 1 aliphatic heterocycles. The molecule has 2 atom stereocenters. The first kappa shape index (κ1) is 33.4. The van der Waals surface area contributed by atoms with E-state index in [9.17, 15) is 19.2 Å². The van der Waals surface area contributed by atoms with Crippen molar-refractivity contribution in [2.75, 3.05) is 19.6 Å². The van der Waals surface area contributed by atoms with Crippen LogP contribution in [0.3, 0.4) is 0 Å². The maximum Gasteiger partial charge on any atom is 0.273 e. The fourth-order valence-corrected chi connectivity index (χ4v) is 7.37. The number of carbonyl (C=O) groups excluding carboxylic acids is 4. The van der Waals surface area contributed by atoms with E-state index in [4.69, 9.17) is 0 Å². The lowest BCUT2D eigenvalue weighted by Gasteiger charge is -2.22. The highest BCUT2D eigenvalue weighted by molar-refractivity contribution is 7.10. The maximum atomic E-state index is 13.5. The van der Waals surface area contributed by atoms with Gasteiger partial charge in [-0.2, -0.15) is 0 Å². The normalized spacial score (nSPS) is 18.8. The van der Waals surface area contributed by atoms with Crippen molar-refractivity contribution in [3.8, 4) is 0 Å². The fraction of sp³-hybridized carbons (Fsp3) is 0.406. The number of carbonyl (C=O) groups is 4. The molecule has 11 nitrogen and oxygen atoms in total. The van der Waals surface area contributed by atoms with Crippen molar-refractivity contribution in [1.82, 2.24) is 35.8 Å². The fourth-order valence-electron chi connectivity index (χ4n) is 5.13. The predicted octanol–water partition coefficient (Wildman–Crippen LogP) is 5.03. The standard InChI is InChI=1S/C32H37N7O4S3/c1-20(2)14-22-30-38-25(18-46-30)29(42)36-23(15-21-8-4-3-5-9-21)31-37-24(17-45-31)28(41)33-11-7-13-39(12-6-10-27(40)35-22)32(43)26-16-44-19-34-26/h3-5,8-9,16-20,22-23H,6-7,10-15H2,1-2H3,(H,33,41)(H,35,40)(H,36,42)/t22-,23-/m0/s1. The number of hydrogen-bond donors (Lipinski definition) is 3. The zero-order valence-corrected chi connectivity index (χ0v) is 28.2. The van der Waals surface area contributed by atoms with Gasteiger partial charge in [0.1, 0.15) is 27.1 Å². The van der Waals surface area contributed by atoms with Crippen LogP contribution in [0.5, 0.6) is 0 Å². The van der Waals surface area contributed by atoms with Crippen LogP contribution in [0.15, 0.2) is 52.0 Å². The summed E-state index contributed by atoms with van der Waals surface area (Å²) < 4.78 is 0. The first-order valence-corrected chi connectivity index (χ1v) is 18.0. The highest BCUT2D eigenvalue weighted by Crippen LogP contribution is 2.27. The van der Waals surface area contributed by atoms with Gasteiger partial charge in [0.15, 0.2) is 0 Å². The lowest BCUT2D eigenvalue weighted by Crippen LogP contribution is -2.36. The minimum Gasteiger partial charge on any atom is -0.351 e. The Balaban J connectivity index is 1.41. The average molecular weight is 680 g/mol. The van der Waals surface area contributed by atoms with Crippen LogP contribution in [-0.4, -0.2) is 63.1 Å². The molecule has 242 valence electrons. The minimum atomic E-state index is -0.489. The van der Waals surface area contributed by atoms with Crippen molar-refractivity contribution in [3.05, 3.63) is 84.6 Å². The molecule has 0 saturated heterocycles. The molecule has 0 saturated carbocycles. The van der Waals surface area contributed by atoms with Crippen LogP contribution in [0.2, 0.25) is 0 Å². The zero-order valence-electron chi connectivity index (χ0n) is 25.7. The summed E-state index contributed by atoms with van der Waals surface area (Å²) in [5, 5.41) is 15.5. The number of benzene rings is 1. The second-order valence-electron chi connectivity index (χ2n) is 11.5. The molecule has 4 bridgehead atoms. The summed E-state index contributed by atoms with van der Waals surface area (Å²) in [7, 11) is 0. The van der Waals surface area contributed by atoms with Crippen LogP contribution >= 0.6 is 34.0 Å². The number of rotatable bonds is 5. The monoisotopic (exact) mass is 679 g/mol. The summed E-state index contributed by atoms with van der Waals surface area (Å²) in [4.78, 5) is 67.9. The van der Waals surface area contributed by atoms with E-state index in [1.807, 2.05) is 30.3 Å². The molecule has 3 aromatic heterocycles. The molecule has 0 aliphatic carbocycles. The van der Waals surface area contributed by atoms with Gasteiger partial charge in [0.25, 0.3) is 17.7 Å². The van der Waals surface area contributed by atoms with E-state index in [0.717, 1.165) is 5.56 Å². The molecule has 0 fully saturated rings. The lowest BCUT2D eigenvalue weighted by molar-refractivity contribution is -0.122. The van der Waals surface area contributed by atoms with Gasteiger partial charge < -0.3 is 20.9 Å². The van der Waals surface area contributed by atoms with E-state index in [1.165, 1.54) is 34.0 Å². The van der Waals surface area contributed by atoms with Crippen molar-refractivity contribution in [2.24, 2.45) is 5.92 Å². The second kappa shape index (κ2) is 16.0. The molecule has 0 unspecified atom stereocenters. The molecule has 1 aromatic carbocycles. The Morgan fingerprint density at radius 2 is 1.61 bits per heavy atom. The molecule has 5 rings (SSSR count). The number of nitrogens with one attached hydrogen (secondary N) is 3. The molecule has 4 amide bonds. The molecule has 3 N–H and O–H groups in total. The summed E-state index contributed by atoms with van der Waals surface area (Å²) in [6, 6.07) is 8.93. The number of hydrogen-bond acceptors (Lipinski definition) is 10. The van der Waals surface area contributed by atoms with Crippen LogP contribution in [0.25, 0.3) is 0 Å². The third kappa shape index (κ3) is 9.04. The summed E-state index contributed by atoms with van der Waals surface area (Å²) in [6.45, 7) is 5.24. The number of amides is 4. The van der Waals surface area contributed by atoms with Crippen LogP contribution in [0.4, 0.5) is 0 Å². The Morgan fingerprint density at radius 3 is 2.30 bits per heavy atom. The van der Waals surface area contributed by atoms with Gasteiger partial charge in [-0.1, -0.05) is 44.2 Å². The number of nitrogens with zero attached hydrogens (tertiary/aromatic N) is 4.